The van der Waals surface area contributed by atoms with Crippen LogP contribution in [0.4, 0.5) is 0 Å². The van der Waals surface area contributed by atoms with Gasteiger partial charge in [0.05, 0.1) is 7.11 Å². The number of methoxy groups -OCH3 is 1. The van der Waals surface area contributed by atoms with Crippen molar-refractivity contribution in [3.05, 3.63) is 65.4 Å². The van der Waals surface area contributed by atoms with Gasteiger partial charge in [-0.05, 0) is 36.2 Å². The van der Waals surface area contributed by atoms with Crippen LogP contribution in [0.3, 0.4) is 0 Å². The van der Waals surface area contributed by atoms with Crippen molar-refractivity contribution in [1.82, 2.24) is 9.88 Å². The van der Waals surface area contributed by atoms with Crippen molar-refractivity contribution in [2.75, 3.05) is 20.2 Å². The van der Waals surface area contributed by atoms with Gasteiger partial charge in [-0.2, -0.15) is 0 Å². The van der Waals surface area contributed by atoms with Gasteiger partial charge in [0.1, 0.15) is 5.75 Å². The monoisotopic (exact) mass is 320 g/mol. The smallest absolute Gasteiger partial charge is 0.253 e. The number of amides is 1. The van der Waals surface area contributed by atoms with Crippen molar-refractivity contribution >= 4 is 16.8 Å². The second-order valence-corrected chi connectivity index (χ2v) is 6.15. The molecule has 24 heavy (non-hydrogen) atoms. The summed E-state index contributed by atoms with van der Waals surface area (Å²) in [6, 6.07) is 15.7. The van der Waals surface area contributed by atoms with Crippen molar-refractivity contribution in [3.8, 4) is 5.75 Å². The Bertz CT molecular complexity index is 883. The van der Waals surface area contributed by atoms with Gasteiger partial charge in [-0.1, -0.05) is 18.2 Å². The van der Waals surface area contributed by atoms with Crippen LogP contribution in [-0.2, 0) is 12.8 Å². The largest absolute Gasteiger partial charge is 0.497 e. The lowest BCUT2D eigenvalue weighted by Crippen LogP contribution is -2.33. The van der Waals surface area contributed by atoms with Crippen LogP contribution in [0.15, 0.2) is 48.5 Å². The van der Waals surface area contributed by atoms with E-state index in [4.69, 9.17) is 4.74 Å². The Hall–Kier alpha value is -2.75. The average Bonchev–Trinajstić information content (AvgIpc) is 2.85. The van der Waals surface area contributed by atoms with E-state index in [0.29, 0.717) is 0 Å². The Labute approximate surface area is 141 Å². The zero-order valence-corrected chi connectivity index (χ0v) is 13.7. The first-order chi connectivity index (χ1) is 11.8. The molecule has 0 bridgehead atoms. The fourth-order valence-electron chi connectivity index (χ4n) is 3.49. The topological polar surface area (TPSA) is 45.3 Å². The van der Waals surface area contributed by atoms with E-state index in [9.17, 15) is 4.79 Å². The number of ether oxygens (including phenoxy) is 1. The average molecular weight is 320 g/mol. The maximum absolute atomic E-state index is 12.7. The van der Waals surface area contributed by atoms with E-state index in [1.807, 2.05) is 47.4 Å². The van der Waals surface area contributed by atoms with Crippen molar-refractivity contribution < 1.29 is 9.53 Å². The Morgan fingerprint density at radius 2 is 1.88 bits per heavy atom. The molecule has 2 heterocycles. The molecular formula is C20H20N2O2. The van der Waals surface area contributed by atoms with E-state index >= 15 is 0 Å². The molecule has 3 aromatic rings. The first-order valence-electron chi connectivity index (χ1n) is 8.28. The van der Waals surface area contributed by atoms with E-state index in [2.05, 4.69) is 11.1 Å². The van der Waals surface area contributed by atoms with Crippen molar-refractivity contribution in [1.29, 1.82) is 0 Å². The number of fused-ring (bicyclic) bond motifs is 3. The molecule has 0 spiro atoms. The molecular weight excluding hydrogens is 300 g/mol. The molecule has 0 fully saturated rings. The predicted molar refractivity (Wildman–Crippen MR) is 94.6 cm³/mol. The molecule has 1 N–H and O–H groups in total. The highest BCUT2D eigenvalue weighted by Gasteiger charge is 2.22. The molecule has 4 heteroatoms. The van der Waals surface area contributed by atoms with Gasteiger partial charge in [0.15, 0.2) is 0 Å². The number of aromatic nitrogens is 1. The molecule has 1 aliphatic heterocycles. The lowest BCUT2D eigenvalue weighted by Gasteiger charge is -2.20. The summed E-state index contributed by atoms with van der Waals surface area (Å²) >= 11 is 0. The fourth-order valence-corrected chi connectivity index (χ4v) is 3.49. The third kappa shape index (κ3) is 2.54. The molecule has 1 aliphatic rings. The summed E-state index contributed by atoms with van der Waals surface area (Å²) in [6.45, 7) is 1.49. The van der Waals surface area contributed by atoms with Gasteiger partial charge in [-0.3, -0.25) is 4.79 Å². The predicted octanol–water partition coefficient (Wildman–Crippen LogP) is 3.42. The van der Waals surface area contributed by atoms with Crippen LogP contribution in [0.2, 0.25) is 0 Å². The highest BCUT2D eigenvalue weighted by atomic mass is 16.5. The lowest BCUT2D eigenvalue weighted by molar-refractivity contribution is 0.0763. The van der Waals surface area contributed by atoms with E-state index in [1.165, 1.54) is 16.6 Å². The van der Waals surface area contributed by atoms with Crippen LogP contribution in [0.1, 0.15) is 21.6 Å². The van der Waals surface area contributed by atoms with E-state index in [-0.39, 0.29) is 5.91 Å². The first-order valence-corrected chi connectivity index (χ1v) is 8.28. The summed E-state index contributed by atoms with van der Waals surface area (Å²) in [7, 11) is 1.68. The zero-order valence-electron chi connectivity index (χ0n) is 13.7. The molecule has 0 saturated carbocycles. The van der Waals surface area contributed by atoms with Gasteiger partial charge in [0.25, 0.3) is 5.91 Å². The molecule has 4 rings (SSSR count). The Balaban J connectivity index is 1.60. The summed E-state index contributed by atoms with van der Waals surface area (Å²) in [5, 5.41) is 1.24. The third-order valence-corrected chi connectivity index (χ3v) is 4.77. The van der Waals surface area contributed by atoms with Gasteiger partial charge in [-0.15, -0.1) is 0 Å². The zero-order chi connectivity index (χ0) is 16.5. The first kappa shape index (κ1) is 14.8. The van der Waals surface area contributed by atoms with Gasteiger partial charge in [0.2, 0.25) is 0 Å². The summed E-state index contributed by atoms with van der Waals surface area (Å²) in [5.41, 5.74) is 4.44. The van der Waals surface area contributed by atoms with Crippen LogP contribution in [0, 0.1) is 0 Å². The van der Waals surface area contributed by atoms with Crippen LogP contribution >= 0.6 is 0 Å². The quantitative estimate of drug-likeness (QED) is 0.786. The minimum atomic E-state index is 0.117. The van der Waals surface area contributed by atoms with Crippen LogP contribution in [0.25, 0.3) is 10.9 Å². The summed E-state index contributed by atoms with van der Waals surface area (Å²) in [4.78, 5) is 18.1. The summed E-state index contributed by atoms with van der Waals surface area (Å²) in [6.07, 6.45) is 1.73. The molecule has 0 saturated heterocycles. The van der Waals surface area contributed by atoms with Gasteiger partial charge >= 0.3 is 0 Å². The fraction of sp³-hybridized carbons (Fsp3) is 0.250. The number of rotatable bonds is 2. The van der Waals surface area contributed by atoms with E-state index < -0.39 is 0 Å². The van der Waals surface area contributed by atoms with Crippen LogP contribution in [0.5, 0.6) is 5.75 Å². The van der Waals surface area contributed by atoms with Crippen LogP contribution < -0.4 is 4.74 Å². The summed E-state index contributed by atoms with van der Waals surface area (Å²) < 4.78 is 5.30. The number of benzene rings is 2. The lowest BCUT2D eigenvalue weighted by atomic mass is 10.1. The van der Waals surface area contributed by atoms with Crippen molar-refractivity contribution in [3.63, 3.8) is 0 Å². The van der Waals surface area contributed by atoms with Crippen molar-refractivity contribution in [2.45, 2.75) is 12.8 Å². The number of nitrogens with one attached hydrogen (secondary N) is 1. The minimum absolute atomic E-state index is 0.117. The maximum Gasteiger partial charge on any atom is 0.253 e. The van der Waals surface area contributed by atoms with E-state index in [0.717, 1.165) is 42.8 Å². The highest BCUT2D eigenvalue weighted by Crippen LogP contribution is 2.29. The normalized spacial score (nSPS) is 14.3. The second-order valence-electron chi connectivity index (χ2n) is 6.15. The number of nitrogens with zero attached hydrogens (tertiary/aromatic N) is 1. The number of carbonyl (C=O) groups is 1. The molecule has 0 radical (unpaired) electrons. The molecule has 1 aromatic heterocycles. The minimum Gasteiger partial charge on any atom is -0.497 e. The molecule has 2 aromatic carbocycles. The molecule has 1 amide bonds. The number of H-pyrrole nitrogens is 1. The van der Waals surface area contributed by atoms with Gasteiger partial charge < -0.3 is 14.6 Å². The van der Waals surface area contributed by atoms with E-state index in [1.54, 1.807) is 7.11 Å². The number of hydrogen-bond acceptors (Lipinski definition) is 2. The number of hydrogen-bond donors (Lipinski definition) is 1. The standard InChI is InChI=1S/C20H20N2O2/c1-24-15-7-8-16-17-9-11-22(12-10-18(17)21-19(16)13-15)20(23)14-5-3-2-4-6-14/h2-8,13,21H,9-12H2,1H3. The Kier molecular flexibility index (Phi) is 3.73. The molecule has 122 valence electrons. The van der Waals surface area contributed by atoms with Gasteiger partial charge in [-0.25, -0.2) is 0 Å². The molecule has 0 unspecified atom stereocenters. The SMILES string of the molecule is COc1ccc2c3c([nH]c2c1)CCN(C(=O)c1ccccc1)CC3. The third-order valence-electron chi connectivity index (χ3n) is 4.77. The summed E-state index contributed by atoms with van der Waals surface area (Å²) in [5.74, 6) is 0.978. The van der Waals surface area contributed by atoms with Gasteiger partial charge in [0, 0.05) is 47.7 Å². The Morgan fingerprint density at radius 1 is 1.08 bits per heavy atom. The second kappa shape index (κ2) is 6.04. The molecule has 0 aliphatic carbocycles. The molecule has 0 atom stereocenters. The van der Waals surface area contributed by atoms with Crippen LogP contribution in [-0.4, -0.2) is 36.0 Å². The number of aromatic amines is 1. The Morgan fingerprint density at radius 3 is 2.67 bits per heavy atom. The van der Waals surface area contributed by atoms with Crippen molar-refractivity contribution in [2.24, 2.45) is 0 Å². The number of carbonyl (C=O) groups excluding carboxylic acids is 1. The molecule has 4 nitrogen and oxygen atoms in total. The highest BCUT2D eigenvalue weighted by molar-refractivity contribution is 5.94. The maximum atomic E-state index is 12.7.